The van der Waals surface area contributed by atoms with Crippen molar-refractivity contribution in [2.45, 2.75) is 31.2 Å². The molecule has 0 aliphatic rings. The number of amides is 1. The molecule has 1 N–H and O–H groups in total. The van der Waals surface area contributed by atoms with E-state index in [1.54, 1.807) is 0 Å². The first-order chi connectivity index (χ1) is 9.24. The summed E-state index contributed by atoms with van der Waals surface area (Å²) in [5, 5.41) is 11.6. The Morgan fingerprint density at radius 3 is 2.55 bits per heavy atom. The van der Waals surface area contributed by atoms with Crippen LogP contribution in [0.3, 0.4) is 0 Å². The normalized spacial score (nSPS) is 12.8. The minimum atomic E-state index is -3.36. The van der Waals surface area contributed by atoms with E-state index in [4.69, 9.17) is 5.26 Å². The molecule has 0 fully saturated rings. The molecule has 20 heavy (non-hydrogen) atoms. The summed E-state index contributed by atoms with van der Waals surface area (Å²) in [7, 11) is -3.36. The Balaban J connectivity index is 2.91. The maximum Gasteiger partial charge on any atom is 0.252 e. The Morgan fingerprint density at radius 1 is 1.40 bits per heavy atom. The fraction of sp³-hybridized carbons (Fsp3) is 0.429. The monoisotopic (exact) mass is 294 g/mol. The first-order valence-corrected chi connectivity index (χ1v) is 8.13. The molecule has 108 valence electrons. The van der Waals surface area contributed by atoms with Crippen molar-refractivity contribution in [2.75, 3.05) is 6.26 Å². The summed E-state index contributed by atoms with van der Waals surface area (Å²) in [6.45, 7) is 3.92. The van der Waals surface area contributed by atoms with Crippen molar-refractivity contribution >= 4 is 15.7 Å². The summed E-state index contributed by atoms with van der Waals surface area (Å²) in [6.07, 6.45) is 1.63. The second-order valence-electron chi connectivity index (χ2n) is 5.08. The van der Waals surface area contributed by atoms with E-state index in [0.29, 0.717) is 6.42 Å². The average Bonchev–Trinajstić information content (AvgIpc) is 2.36. The van der Waals surface area contributed by atoms with Gasteiger partial charge in [-0.2, -0.15) is 5.26 Å². The molecular weight excluding hydrogens is 276 g/mol. The zero-order chi connectivity index (χ0) is 15.3. The molecule has 5 nitrogen and oxygen atoms in total. The van der Waals surface area contributed by atoms with E-state index in [0.717, 1.165) is 6.26 Å². The minimum Gasteiger partial charge on any atom is -0.336 e. The van der Waals surface area contributed by atoms with Gasteiger partial charge in [-0.1, -0.05) is 19.9 Å². The van der Waals surface area contributed by atoms with Crippen molar-refractivity contribution in [3.63, 3.8) is 0 Å². The number of sulfone groups is 1. The third kappa shape index (κ3) is 4.67. The van der Waals surface area contributed by atoms with Gasteiger partial charge in [-0.15, -0.1) is 0 Å². The van der Waals surface area contributed by atoms with Crippen LogP contribution in [0.2, 0.25) is 0 Å². The van der Waals surface area contributed by atoms with E-state index in [-0.39, 0.29) is 16.4 Å². The predicted molar refractivity (Wildman–Crippen MR) is 75.9 cm³/mol. The predicted octanol–water partition coefficient (Wildman–Crippen LogP) is 1.76. The third-order valence-electron chi connectivity index (χ3n) is 2.69. The van der Waals surface area contributed by atoms with Crippen LogP contribution in [0.5, 0.6) is 0 Å². The number of hydrogen-bond acceptors (Lipinski definition) is 4. The lowest BCUT2D eigenvalue weighted by molar-refractivity contribution is 0.0942. The Bertz CT molecular complexity index is 630. The molecule has 0 spiro atoms. The lowest BCUT2D eigenvalue weighted by atomic mass is 10.0. The smallest absolute Gasteiger partial charge is 0.252 e. The Kier molecular flexibility index (Phi) is 5.28. The zero-order valence-electron chi connectivity index (χ0n) is 11.8. The van der Waals surface area contributed by atoms with Crippen LogP contribution in [0.15, 0.2) is 29.2 Å². The van der Waals surface area contributed by atoms with Crippen LogP contribution in [0.25, 0.3) is 0 Å². The van der Waals surface area contributed by atoms with Gasteiger partial charge in [0.25, 0.3) is 5.91 Å². The van der Waals surface area contributed by atoms with Crippen LogP contribution in [0.1, 0.15) is 30.6 Å². The third-order valence-corrected chi connectivity index (χ3v) is 3.80. The molecule has 1 amide bonds. The molecule has 6 heteroatoms. The number of carbonyl (C=O) groups excluding carboxylic acids is 1. The van der Waals surface area contributed by atoms with Gasteiger partial charge in [0.2, 0.25) is 0 Å². The zero-order valence-corrected chi connectivity index (χ0v) is 12.6. The van der Waals surface area contributed by atoms with Gasteiger partial charge < -0.3 is 5.32 Å². The van der Waals surface area contributed by atoms with Crippen LogP contribution < -0.4 is 5.32 Å². The van der Waals surface area contributed by atoms with Crippen LogP contribution >= 0.6 is 0 Å². The second kappa shape index (κ2) is 6.53. The molecule has 0 aliphatic heterocycles. The number of carbonyl (C=O) groups is 1. The molecule has 1 atom stereocenters. The molecule has 1 rings (SSSR count). The van der Waals surface area contributed by atoms with Crippen molar-refractivity contribution < 1.29 is 13.2 Å². The first-order valence-electron chi connectivity index (χ1n) is 6.24. The minimum absolute atomic E-state index is 0.0857. The van der Waals surface area contributed by atoms with Gasteiger partial charge in [0.15, 0.2) is 9.84 Å². The molecule has 1 aromatic rings. The second-order valence-corrected chi connectivity index (χ2v) is 7.10. The number of nitrogens with one attached hydrogen (secondary N) is 1. The lowest BCUT2D eigenvalue weighted by Gasteiger charge is -2.13. The molecule has 0 heterocycles. The Labute approximate surface area is 119 Å². The van der Waals surface area contributed by atoms with Gasteiger partial charge in [-0.05, 0) is 30.5 Å². The first kappa shape index (κ1) is 16.2. The quantitative estimate of drug-likeness (QED) is 0.896. The van der Waals surface area contributed by atoms with E-state index in [9.17, 15) is 13.2 Å². The number of nitrogens with zero attached hydrogens (tertiary/aromatic N) is 1. The molecule has 0 unspecified atom stereocenters. The van der Waals surface area contributed by atoms with Crippen molar-refractivity contribution in [3.05, 3.63) is 29.8 Å². The average molecular weight is 294 g/mol. The maximum atomic E-state index is 12.0. The highest BCUT2D eigenvalue weighted by Crippen LogP contribution is 2.12. The Hall–Kier alpha value is -1.87. The van der Waals surface area contributed by atoms with Gasteiger partial charge in [-0.3, -0.25) is 4.79 Å². The highest BCUT2D eigenvalue weighted by molar-refractivity contribution is 7.90. The summed E-state index contributed by atoms with van der Waals surface area (Å²) in [5.74, 6) is -0.162. The van der Waals surface area contributed by atoms with Crippen molar-refractivity contribution in [1.29, 1.82) is 5.26 Å². The fourth-order valence-corrected chi connectivity index (χ4v) is 2.39. The number of nitriles is 1. The SMILES string of the molecule is CC(C)C[C@H](C#N)NC(=O)c1cccc(S(C)(=O)=O)c1. The summed E-state index contributed by atoms with van der Waals surface area (Å²) in [6, 6.07) is 7.23. The maximum absolute atomic E-state index is 12.0. The van der Waals surface area contributed by atoms with Gasteiger partial charge in [0, 0.05) is 11.8 Å². The highest BCUT2D eigenvalue weighted by Gasteiger charge is 2.16. The van der Waals surface area contributed by atoms with Crippen LogP contribution in [0.4, 0.5) is 0 Å². The topological polar surface area (TPSA) is 87.0 Å². The van der Waals surface area contributed by atoms with Gasteiger partial charge >= 0.3 is 0 Å². The van der Waals surface area contributed by atoms with Crippen LogP contribution in [0, 0.1) is 17.2 Å². The fourth-order valence-electron chi connectivity index (χ4n) is 1.72. The molecule has 0 saturated carbocycles. The van der Waals surface area contributed by atoms with Crippen molar-refractivity contribution in [3.8, 4) is 6.07 Å². The van der Waals surface area contributed by atoms with E-state index >= 15 is 0 Å². The van der Waals surface area contributed by atoms with Crippen molar-refractivity contribution in [1.82, 2.24) is 5.32 Å². The van der Waals surface area contributed by atoms with E-state index in [2.05, 4.69) is 5.32 Å². The molecular formula is C14H18N2O3S. The number of benzene rings is 1. The standard InChI is InChI=1S/C14H18N2O3S/c1-10(2)7-12(9-15)16-14(17)11-5-4-6-13(8-11)20(3,18)19/h4-6,8,10,12H,7H2,1-3H3,(H,16,17)/t12-/m1/s1. The van der Waals surface area contributed by atoms with Gasteiger partial charge in [0.1, 0.15) is 6.04 Å². The lowest BCUT2D eigenvalue weighted by Crippen LogP contribution is -2.34. The molecule has 0 saturated heterocycles. The number of hydrogen-bond donors (Lipinski definition) is 1. The summed E-state index contributed by atoms with van der Waals surface area (Å²) in [4.78, 5) is 12.1. The van der Waals surface area contributed by atoms with Crippen LogP contribution in [-0.4, -0.2) is 26.6 Å². The largest absolute Gasteiger partial charge is 0.336 e. The molecule has 0 aliphatic carbocycles. The highest BCUT2D eigenvalue weighted by atomic mass is 32.2. The van der Waals surface area contributed by atoms with Gasteiger partial charge in [-0.25, -0.2) is 8.42 Å². The summed E-state index contributed by atoms with van der Waals surface area (Å²) in [5.41, 5.74) is 0.233. The van der Waals surface area contributed by atoms with Gasteiger partial charge in [0.05, 0.1) is 11.0 Å². The van der Waals surface area contributed by atoms with Crippen LogP contribution in [-0.2, 0) is 9.84 Å². The molecule has 0 aromatic heterocycles. The van der Waals surface area contributed by atoms with Crippen molar-refractivity contribution in [2.24, 2.45) is 5.92 Å². The molecule has 0 radical (unpaired) electrons. The Morgan fingerprint density at radius 2 is 2.05 bits per heavy atom. The summed E-state index contributed by atoms with van der Waals surface area (Å²) >= 11 is 0. The van der Waals surface area contributed by atoms with E-state index < -0.39 is 21.8 Å². The summed E-state index contributed by atoms with van der Waals surface area (Å²) < 4.78 is 22.9. The van der Waals surface area contributed by atoms with E-state index in [1.165, 1.54) is 24.3 Å². The van der Waals surface area contributed by atoms with E-state index in [1.807, 2.05) is 19.9 Å². The molecule has 1 aromatic carbocycles. The number of rotatable bonds is 5. The molecule has 0 bridgehead atoms.